The summed E-state index contributed by atoms with van der Waals surface area (Å²) in [5, 5.41) is 10.5. The standard InChI is InChI=1S/C20H15BrN2O2/c1-13(24-18-11-8-14-4-2-3-5-16(14)12-18)19-22-23-20(25-19)15-6-9-17(21)10-7-15/h2-13H,1H3. The number of ether oxygens (including phenoxy) is 1. The molecule has 5 heteroatoms. The van der Waals surface area contributed by atoms with Crippen LogP contribution in [0.15, 0.2) is 75.6 Å². The van der Waals surface area contributed by atoms with Gasteiger partial charge in [-0.3, -0.25) is 0 Å². The predicted octanol–water partition coefficient (Wildman–Crippen LogP) is 5.79. The molecule has 4 nitrogen and oxygen atoms in total. The van der Waals surface area contributed by atoms with E-state index in [-0.39, 0.29) is 6.10 Å². The molecule has 4 aromatic rings. The maximum atomic E-state index is 5.97. The minimum Gasteiger partial charge on any atom is -0.481 e. The number of rotatable bonds is 4. The highest BCUT2D eigenvalue weighted by Gasteiger charge is 2.16. The molecule has 3 aromatic carbocycles. The fourth-order valence-electron chi connectivity index (χ4n) is 2.60. The third-order valence-corrected chi connectivity index (χ3v) is 4.44. The quantitative estimate of drug-likeness (QED) is 0.439. The molecule has 0 aliphatic heterocycles. The number of hydrogen-bond acceptors (Lipinski definition) is 4. The predicted molar refractivity (Wildman–Crippen MR) is 100 cm³/mol. The molecule has 0 bridgehead atoms. The Morgan fingerprint density at radius 3 is 2.48 bits per heavy atom. The molecular formula is C20H15BrN2O2. The maximum absolute atomic E-state index is 5.97. The minimum absolute atomic E-state index is 0.335. The molecule has 0 saturated heterocycles. The average molecular weight is 395 g/mol. The van der Waals surface area contributed by atoms with Crippen molar-refractivity contribution in [3.05, 3.63) is 77.1 Å². The van der Waals surface area contributed by atoms with Gasteiger partial charge in [0, 0.05) is 10.0 Å². The Labute approximate surface area is 153 Å². The largest absolute Gasteiger partial charge is 0.481 e. The lowest BCUT2D eigenvalue weighted by Gasteiger charge is -2.11. The molecule has 0 saturated carbocycles. The summed E-state index contributed by atoms with van der Waals surface area (Å²) in [6.07, 6.45) is -0.335. The highest BCUT2D eigenvalue weighted by Crippen LogP contribution is 2.27. The fourth-order valence-corrected chi connectivity index (χ4v) is 2.87. The highest BCUT2D eigenvalue weighted by atomic mass is 79.9. The summed E-state index contributed by atoms with van der Waals surface area (Å²) in [5.41, 5.74) is 0.875. The van der Waals surface area contributed by atoms with Crippen LogP contribution in [0.25, 0.3) is 22.2 Å². The number of benzene rings is 3. The van der Waals surface area contributed by atoms with Crippen LogP contribution in [0.5, 0.6) is 5.75 Å². The highest BCUT2D eigenvalue weighted by molar-refractivity contribution is 9.10. The van der Waals surface area contributed by atoms with Gasteiger partial charge in [0.15, 0.2) is 6.10 Å². The summed E-state index contributed by atoms with van der Waals surface area (Å²) in [5.74, 6) is 1.71. The number of aromatic nitrogens is 2. The van der Waals surface area contributed by atoms with Gasteiger partial charge in [-0.15, -0.1) is 10.2 Å². The molecule has 124 valence electrons. The minimum atomic E-state index is -0.335. The molecule has 0 aliphatic carbocycles. The van der Waals surface area contributed by atoms with Crippen molar-refractivity contribution >= 4 is 26.7 Å². The lowest BCUT2D eigenvalue weighted by molar-refractivity contribution is 0.190. The zero-order valence-corrected chi connectivity index (χ0v) is 15.1. The van der Waals surface area contributed by atoms with Crippen molar-refractivity contribution < 1.29 is 9.15 Å². The van der Waals surface area contributed by atoms with E-state index in [2.05, 4.69) is 38.3 Å². The van der Waals surface area contributed by atoms with Crippen LogP contribution in [0.2, 0.25) is 0 Å². The third-order valence-electron chi connectivity index (χ3n) is 3.91. The molecule has 0 spiro atoms. The summed E-state index contributed by atoms with van der Waals surface area (Å²) in [6, 6.07) is 21.9. The molecule has 1 unspecified atom stereocenters. The Bertz CT molecular complexity index is 1010. The van der Waals surface area contributed by atoms with Crippen molar-refractivity contribution in [3.63, 3.8) is 0 Å². The van der Waals surface area contributed by atoms with E-state index >= 15 is 0 Å². The molecule has 1 heterocycles. The van der Waals surface area contributed by atoms with E-state index in [0.29, 0.717) is 11.8 Å². The number of fused-ring (bicyclic) bond motifs is 1. The second kappa shape index (κ2) is 6.69. The van der Waals surface area contributed by atoms with E-state index in [1.54, 1.807) is 0 Å². The smallest absolute Gasteiger partial charge is 0.257 e. The van der Waals surface area contributed by atoms with Gasteiger partial charge in [0.1, 0.15) is 5.75 Å². The molecule has 1 atom stereocenters. The first-order valence-corrected chi connectivity index (χ1v) is 8.73. The number of hydrogen-bond donors (Lipinski definition) is 0. The van der Waals surface area contributed by atoms with Gasteiger partial charge >= 0.3 is 0 Å². The summed E-state index contributed by atoms with van der Waals surface area (Å²) in [4.78, 5) is 0. The van der Waals surface area contributed by atoms with Gasteiger partial charge in [-0.2, -0.15) is 0 Å². The Morgan fingerprint density at radius 2 is 1.68 bits per heavy atom. The molecule has 4 rings (SSSR count). The summed E-state index contributed by atoms with van der Waals surface area (Å²) >= 11 is 3.41. The van der Waals surface area contributed by atoms with Crippen molar-refractivity contribution in [3.8, 4) is 17.2 Å². The first-order valence-electron chi connectivity index (χ1n) is 7.94. The monoisotopic (exact) mass is 394 g/mol. The molecular weight excluding hydrogens is 380 g/mol. The first-order chi connectivity index (χ1) is 12.2. The van der Waals surface area contributed by atoms with E-state index in [0.717, 1.165) is 21.2 Å². The Hall–Kier alpha value is -2.66. The maximum Gasteiger partial charge on any atom is 0.257 e. The van der Waals surface area contributed by atoms with E-state index in [1.165, 1.54) is 5.39 Å². The zero-order valence-electron chi connectivity index (χ0n) is 13.5. The molecule has 0 N–H and O–H groups in total. The van der Waals surface area contributed by atoms with Crippen LogP contribution in [0, 0.1) is 0 Å². The van der Waals surface area contributed by atoms with E-state index in [9.17, 15) is 0 Å². The van der Waals surface area contributed by atoms with E-state index in [1.807, 2.05) is 61.5 Å². The van der Waals surface area contributed by atoms with E-state index < -0.39 is 0 Å². The van der Waals surface area contributed by atoms with Crippen molar-refractivity contribution in [1.29, 1.82) is 0 Å². The van der Waals surface area contributed by atoms with E-state index in [4.69, 9.17) is 9.15 Å². The second-order valence-corrected chi connectivity index (χ2v) is 6.64. The molecule has 0 aliphatic rings. The van der Waals surface area contributed by atoms with Gasteiger partial charge in [-0.05, 0) is 54.1 Å². The topological polar surface area (TPSA) is 48.2 Å². The van der Waals surface area contributed by atoms with Gasteiger partial charge in [-0.1, -0.05) is 46.3 Å². The first kappa shape index (κ1) is 15.8. The second-order valence-electron chi connectivity index (χ2n) is 5.72. The number of nitrogens with zero attached hydrogens (tertiary/aromatic N) is 2. The van der Waals surface area contributed by atoms with Crippen LogP contribution in [0.1, 0.15) is 18.9 Å². The van der Waals surface area contributed by atoms with Gasteiger partial charge in [-0.25, -0.2) is 0 Å². The van der Waals surface area contributed by atoms with Gasteiger partial charge < -0.3 is 9.15 Å². The van der Waals surface area contributed by atoms with Gasteiger partial charge in [0.25, 0.3) is 5.89 Å². The van der Waals surface area contributed by atoms with Crippen LogP contribution in [0.3, 0.4) is 0 Å². The molecule has 0 amide bonds. The van der Waals surface area contributed by atoms with Crippen LogP contribution in [-0.2, 0) is 0 Å². The lowest BCUT2D eigenvalue weighted by Crippen LogP contribution is -2.03. The molecule has 0 radical (unpaired) electrons. The van der Waals surface area contributed by atoms with Crippen LogP contribution in [0.4, 0.5) is 0 Å². The number of halogens is 1. The molecule has 25 heavy (non-hydrogen) atoms. The van der Waals surface area contributed by atoms with Crippen LogP contribution >= 0.6 is 15.9 Å². The SMILES string of the molecule is CC(Oc1ccc2ccccc2c1)c1nnc(-c2ccc(Br)cc2)o1. The van der Waals surface area contributed by atoms with Gasteiger partial charge in [0.05, 0.1) is 0 Å². The van der Waals surface area contributed by atoms with Crippen molar-refractivity contribution in [2.75, 3.05) is 0 Å². The van der Waals surface area contributed by atoms with Crippen molar-refractivity contribution in [1.82, 2.24) is 10.2 Å². The summed E-state index contributed by atoms with van der Waals surface area (Å²) in [6.45, 7) is 1.90. The van der Waals surface area contributed by atoms with Crippen molar-refractivity contribution in [2.24, 2.45) is 0 Å². The average Bonchev–Trinajstić information content (AvgIpc) is 3.12. The van der Waals surface area contributed by atoms with Crippen molar-refractivity contribution in [2.45, 2.75) is 13.0 Å². The van der Waals surface area contributed by atoms with Crippen LogP contribution < -0.4 is 4.74 Å². The summed E-state index contributed by atoms with van der Waals surface area (Å²) < 4.78 is 12.7. The van der Waals surface area contributed by atoms with Gasteiger partial charge in [0.2, 0.25) is 5.89 Å². The fraction of sp³-hybridized carbons (Fsp3) is 0.100. The normalized spacial score (nSPS) is 12.2. The molecule has 1 aromatic heterocycles. The molecule has 0 fully saturated rings. The van der Waals surface area contributed by atoms with Crippen LogP contribution in [-0.4, -0.2) is 10.2 Å². The zero-order chi connectivity index (χ0) is 17.2. The Morgan fingerprint density at radius 1 is 0.920 bits per heavy atom. The Kier molecular flexibility index (Phi) is 4.24. The summed E-state index contributed by atoms with van der Waals surface area (Å²) in [7, 11) is 0. The Balaban J connectivity index is 1.54. The third kappa shape index (κ3) is 3.42. The lowest BCUT2D eigenvalue weighted by atomic mass is 10.1.